The summed E-state index contributed by atoms with van der Waals surface area (Å²) in [5, 5.41) is 0. The lowest BCUT2D eigenvalue weighted by molar-refractivity contribution is -0.137. The Morgan fingerprint density at radius 2 is 1.68 bits per heavy atom. The number of benzene rings is 2. The van der Waals surface area contributed by atoms with Crippen LogP contribution in [0, 0.1) is 5.82 Å². The maximum absolute atomic E-state index is 13.8. The van der Waals surface area contributed by atoms with E-state index in [1.807, 2.05) is 0 Å². The van der Waals surface area contributed by atoms with Crippen LogP contribution in [0.25, 0.3) is 0 Å². The highest BCUT2D eigenvalue weighted by Gasteiger charge is 2.32. The van der Waals surface area contributed by atoms with Gasteiger partial charge < -0.3 is 9.80 Å². The molecule has 0 aromatic heterocycles. The number of amides is 1. The predicted octanol–water partition coefficient (Wildman–Crippen LogP) is 2.86. The second-order valence-electron chi connectivity index (χ2n) is 7.13. The van der Waals surface area contributed by atoms with Crippen LogP contribution in [0.2, 0.25) is 0 Å². The van der Waals surface area contributed by atoms with E-state index in [9.17, 15) is 30.8 Å². The molecule has 31 heavy (non-hydrogen) atoms. The van der Waals surface area contributed by atoms with Crippen LogP contribution in [-0.2, 0) is 21.0 Å². The van der Waals surface area contributed by atoms with Crippen LogP contribution >= 0.6 is 0 Å². The summed E-state index contributed by atoms with van der Waals surface area (Å²) in [5.74, 6) is -1.42. The molecule has 1 fully saturated rings. The predicted molar refractivity (Wildman–Crippen MR) is 106 cm³/mol. The Kier molecular flexibility index (Phi) is 6.56. The first-order valence-electron chi connectivity index (χ1n) is 9.47. The van der Waals surface area contributed by atoms with E-state index in [0.717, 1.165) is 24.3 Å². The minimum Gasteiger partial charge on any atom is -0.368 e. The third-order valence-electron chi connectivity index (χ3n) is 4.96. The molecular formula is C20H21F4N3O3S. The average molecular weight is 459 g/mol. The van der Waals surface area contributed by atoms with Gasteiger partial charge in [0.1, 0.15) is 10.7 Å². The van der Waals surface area contributed by atoms with Crippen molar-refractivity contribution in [3.05, 3.63) is 59.9 Å². The van der Waals surface area contributed by atoms with Crippen molar-refractivity contribution in [1.82, 2.24) is 9.62 Å². The number of carbonyl (C=O) groups excluding carboxylic acids is 1. The lowest BCUT2D eigenvalue weighted by Gasteiger charge is -2.37. The minimum atomic E-state index is -4.45. The Morgan fingerprint density at radius 1 is 1.03 bits per heavy atom. The summed E-state index contributed by atoms with van der Waals surface area (Å²) in [5.41, 5.74) is -0.352. The molecule has 0 spiro atoms. The molecule has 6 nitrogen and oxygen atoms in total. The molecule has 0 bridgehead atoms. The number of carbonyl (C=O) groups is 1. The zero-order chi connectivity index (χ0) is 22.8. The van der Waals surface area contributed by atoms with Gasteiger partial charge >= 0.3 is 6.18 Å². The zero-order valence-electron chi connectivity index (χ0n) is 16.6. The molecule has 168 valence electrons. The van der Waals surface area contributed by atoms with Gasteiger partial charge in [-0.1, -0.05) is 18.2 Å². The first-order valence-corrected chi connectivity index (χ1v) is 11.0. The molecule has 2 aromatic carbocycles. The zero-order valence-corrected chi connectivity index (χ0v) is 17.4. The van der Waals surface area contributed by atoms with Crippen molar-refractivity contribution in [1.29, 1.82) is 0 Å². The fourth-order valence-corrected chi connectivity index (χ4v) is 4.62. The van der Waals surface area contributed by atoms with Crippen molar-refractivity contribution in [2.75, 3.05) is 31.1 Å². The van der Waals surface area contributed by atoms with Crippen molar-refractivity contribution in [3.8, 4) is 0 Å². The van der Waals surface area contributed by atoms with E-state index in [2.05, 4.69) is 4.72 Å². The number of piperazine rings is 1. The molecule has 0 saturated carbocycles. The number of halogens is 4. The van der Waals surface area contributed by atoms with Crippen molar-refractivity contribution >= 4 is 21.6 Å². The molecule has 0 radical (unpaired) electrons. The summed E-state index contributed by atoms with van der Waals surface area (Å²) in [6.45, 7) is 2.36. The lowest BCUT2D eigenvalue weighted by Crippen LogP contribution is -2.54. The van der Waals surface area contributed by atoms with Gasteiger partial charge in [-0.2, -0.15) is 17.9 Å². The highest BCUT2D eigenvalue weighted by Crippen LogP contribution is 2.31. The maximum atomic E-state index is 13.8. The molecule has 1 aliphatic rings. The molecule has 11 heteroatoms. The van der Waals surface area contributed by atoms with Crippen molar-refractivity contribution in [2.24, 2.45) is 0 Å². The normalized spacial score (nSPS) is 16.3. The smallest absolute Gasteiger partial charge is 0.368 e. The number of alkyl halides is 3. The Labute approximate surface area is 177 Å². The molecule has 2 aromatic rings. The van der Waals surface area contributed by atoms with Gasteiger partial charge in [0, 0.05) is 31.9 Å². The number of hydrogen-bond acceptors (Lipinski definition) is 4. The van der Waals surface area contributed by atoms with Crippen LogP contribution < -0.4 is 9.62 Å². The molecule has 1 amide bonds. The first kappa shape index (κ1) is 23.0. The van der Waals surface area contributed by atoms with E-state index >= 15 is 0 Å². The summed E-state index contributed by atoms with van der Waals surface area (Å²) in [7, 11) is -4.24. The maximum Gasteiger partial charge on any atom is 0.416 e. The number of nitrogens with zero attached hydrogens (tertiary/aromatic N) is 2. The minimum absolute atomic E-state index is 0.209. The summed E-state index contributed by atoms with van der Waals surface area (Å²) in [6.07, 6.45) is -4.45. The van der Waals surface area contributed by atoms with Gasteiger partial charge in [0.25, 0.3) is 0 Å². The Hall–Kier alpha value is -2.66. The van der Waals surface area contributed by atoms with Crippen LogP contribution in [0.3, 0.4) is 0 Å². The second kappa shape index (κ2) is 8.83. The highest BCUT2D eigenvalue weighted by molar-refractivity contribution is 7.89. The Morgan fingerprint density at radius 3 is 2.29 bits per heavy atom. The SMILES string of the molecule is C[C@H](NS(=O)(=O)c1ccccc1F)C(=O)N1CCN(c2cccc(C(F)(F)F)c2)CC1. The summed E-state index contributed by atoms with van der Waals surface area (Å²) < 4.78 is 79.5. The van der Waals surface area contributed by atoms with Gasteiger partial charge in [-0.25, -0.2) is 12.8 Å². The molecular weight excluding hydrogens is 438 g/mol. The molecule has 1 atom stereocenters. The molecule has 1 aliphatic heterocycles. The third kappa shape index (κ3) is 5.34. The van der Waals surface area contributed by atoms with Gasteiger partial charge in [-0.15, -0.1) is 0 Å². The molecule has 3 rings (SSSR count). The lowest BCUT2D eigenvalue weighted by atomic mass is 10.1. The van der Waals surface area contributed by atoms with Crippen LogP contribution in [0.15, 0.2) is 53.4 Å². The monoisotopic (exact) mass is 459 g/mol. The Bertz CT molecular complexity index is 1050. The molecule has 0 aliphatic carbocycles. The summed E-state index contributed by atoms with van der Waals surface area (Å²) in [4.78, 5) is 15.3. The highest BCUT2D eigenvalue weighted by atomic mass is 32.2. The van der Waals surface area contributed by atoms with Gasteiger partial charge in [-0.3, -0.25) is 4.79 Å². The molecule has 1 saturated heterocycles. The van der Waals surface area contributed by atoms with E-state index in [1.165, 1.54) is 30.0 Å². The Balaban J connectivity index is 1.62. The van der Waals surface area contributed by atoms with Gasteiger partial charge in [-0.05, 0) is 37.3 Å². The van der Waals surface area contributed by atoms with Crippen LogP contribution in [0.5, 0.6) is 0 Å². The molecule has 1 N–H and O–H groups in total. The molecule has 0 unspecified atom stereocenters. The first-order chi connectivity index (χ1) is 14.5. The van der Waals surface area contributed by atoms with Gasteiger partial charge in [0.15, 0.2) is 0 Å². The van der Waals surface area contributed by atoms with Gasteiger partial charge in [0.2, 0.25) is 15.9 Å². The summed E-state index contributed by atoms with van der Waals surface area (Å²) >= 11 is 0. The van der Waals surface area contributed by atoms with E-state index in [0.29, 0.717) is 18.8 Å². The topological polar surface area (TPSA) is 69.7 Å². The van der Waals surface area contributed by atoms with Crippen molar-refractivity contribution < 1.29 is 30.8 Å². The van der Waals surface area contributed by atoms with Crippen LogP contribution in [-0.4, -0.2) is 51.4 Å². The van der Waals surface area contributed by atoms with E-state index in [4.69, 9.17) is 0 Å². The van der Waals surface area contributed by atoms with Gasteiger partial charge in [0.05, 0.1) is 11.6 Å². The number of rotatable bonds is 5. The molecule has 1 heterocycles. The number of hydrogen-bond donors (Lipinski definition) is 1. The van der Waals surface area contributed by atoms with Crippen molar-refractivity contribution in [3.63, 3.8) is 0 Å². The number of anilines is 1. The van der Waals surface area contributed by atoms with E-state index < -0.39 is 44.4 Å². The third-order valence-corrected chi connectivity index (χ3v) is 6.53. The summed E-state index contributed by atoms with van der Waals surface area (Å²) in [6, 6.07) is 8.65. The van der Waals surface area contributed by atoms with Crippen molar-refractivity contribution in [2.45, 2.75) is 24.0 Å². The number of nitrogens with one attached hydrogen (secondary N) is 1. The fraction of sp³-hybridized carbons (Fsp3) is 0.350. The standard InChI is InChI=1S/C20H21F4N3O3S/c1-14(25-31(29,30)18-8-3-2-7-17(18)21)19(28)27-11-9-26(10-12-27)16-6-4-5-15(13-16)20(22,23)24/h2-8,13-14,25H,9-12H2,1H3/t14-/m0/s1. The average Bonchev–Trinajstić information content (AvgIpc) is 2.72. The largest absolute Gasteiger partial charge is 0.416 e. The van der Waals surface area contributed by atoms with Crippen LogP contribution in [0.1, 0.15) is 12.5 Å². The van der Waals surface area contributed by atoms with E-state index in [1.54, 1.807) is 11.0 Å². The van der Waals surface area contributed by atoms with Crippen LogP contribution in [0.4, 0.5) is 23.2 Å². The quantitative estimate of drug-likeness (QED) is 0.699. The second-order valence-corrected chi connectivity index (χ2v) is 8.82. The fourth-order valence-electron chi connectivity index (χ4n) is 3.35. The van der Waals surface area contributed by atoms with E-state index in [-0.39, 0.29) is 13.1 Å². The number of sulfonamides is 1.